The number of para-hydroxylation sites is 1. The lowest BCUT2D eigenvalue weighted by Gasteiger charge is -2.10. The fourth-order valence-electron chi connectivity index (χ4n) is 2.09. The molecule has 0 aliphatic rings. The second-order valence-corrected chi connectivity index (χ2v) is 5.05. The molecule has 0 radical (unpaired) electrons. The van der Waals surface area contributed by atoms with E-state index in [0.717, 1.165) is 35.2 Å². The molecule has 2 aromatic heterocycles. The van der Waals surface area contributed by atoms with Crippen molar-refractivity contribution in [2.24, 2.45) is 0 Å². The van der Waals surface area contributed by atoms with Crippen LogP contribution in [0.2, 0.25) is 0 Å². The van der Waals surface area contributed by atoms with E-state index in [2.05, 4.69) is 21.4 Å². The smallest absolute Gasteiger partial charge is 0.103 e. The van der Waals surface area contributed by atoms with E-state index in [0.29, 0.717) is 5.56 Å². The van der Waals surface area contributed by atoms with Crippen molar-refractivity contribution in [1.29, 1.82) is 5.26 Å². The summed E-state index contributed by atoms with van der Waals surface area (Å²) in [7, 11) is 0. The average Bonchev–Trinajstić information content (AvgIpc) is 3.00. The van der Waals surface area contributed by atoms with Crippen molar-refractivity contribution >= 4 is 27.9 Å². The van der Waals surface area contributed by atoms with Crippen LogP contribution in [0.5, 0.6) is 0 Å². The van der Waals surface area contributed by atoms with E-state index >= 15 is 0 Å². The maximum atomic E-state index is 9.22. The summed E-state index contributed by atoms with van der Waals surface area (Å²) in [6.45, 7) is 0.742. The maximum Gasteiger partial charge on any atom is 0.103 e. The van der Waals surface area contributed by atoms with Crippen LogP contribution in [0.15, 0.2) is 41.4 Å². The molecule has 0 saturated heterocycles. The lowest BCUT2D eigenvalue weighted by Crippen LogP contribution is -2.07. The van der Waals surface area contributed by atoms with Crippen molar-refractivity contribution < 1.29 is 0 Å². The van der Waals surface area contributed by atoms with Crippen LogP contribution in [0, 0.1) is 11.3 Å². The van der Waals surface area contributed by atoms with Gasteiger partial charge < -0.3 is 5.32 Å². The predicted molar refractivity (Wildman–Crippen MR) is 80.8 cm³/mol. The fourth-order valence-corrected chi connectivity index (χ4v) is 2.69. The van der Waals surface area contributed by atoms with Crippen molar-refractivity contribution in [1.82, 2.24) is 9.97 Å². The quantitative estimate of drug-likeness (QED) is 0.797. The molecule has 4 nitrogen and oxygen atoms in total. The van der Waals surface area contributed by atoms with E-state index in [9.17, 15) is 5.26 Å². The molecule has 2 heterocycles. The molecular weight excluding hydrogens is 268 g/mol. The molecule has 20 heavy (non-hydrogen) atoms. The number of aromatic nitrogens is 2. The van der Waals surface area contributed by atoms with Crippen molar-refractivity contribution in [3.63, 3.8) is 0 Å². The van der Waals surface area contributed by atoms with Crippen molar-refractivity contribution in [3.8, 4) is 6.07 Å². The summed E-state index contributed by atoms with van der Waals surface area (Å²) in [5.74, 6) is 0. The maximum absolute atomic E-state index is 9.22. The van der Waals surface area contributed by atoms with Gasteiger partial charge in [-0.05, 0) is 6.07 Å². The molecule has 1 N–H and O–H groups in total. The van der Waals surface area contributed by atoms with Gasteiger partial charge in [0, 0.05) is 29.9 Å². The number of hydrogen-bond donors (Lipinski definition) is 1. The van der Waals surface area contributed by atoms with Gasteiger partial charge in [-0.2, -0.15) is 5.26 Å². The van der Waals surface area contributed by atoms with Crippen LogP contribution in [-0.2, 0) is 6.42 Å². The van der Waals surface area contributed by atoms with Crippen LogP contribution < -0.4 is 5.32 Å². The summed E-state index contributed by atoms with van der Waals surface area (Å²) in [5.41, 5.74) is 5.22. The average molecular weight is 280 g/mol. The minimum absolute atomic E-state index is 0.571. The number of thiazole rings is 1. The zero-order valence-electron chi connectivity index (χ0n) is 10.7. The minimum atomic E-state index is 0.571. The molecule has 0 saturated carbocycles. The van der Waals surface area contributed by atoms with Crippen LogP contribution in [0.1, 0.15) is 11.3 Å². The Balaban J connectivity index is 1.87. The molecule has 98 valence electrons. The predicted octanol–water partition coefficient (Wildman–Crippen LogP) is 3.22. The Bertz CT molecular complexity index is 759. The van der Waals surface area contributed by atoms with Gasteiger partial charge in [0.25, 0.3) is 0 Å². The molecule has 0 aliphatic carbocycles. The summed E-state index contributed by atoms with van der Waals surface area (Å²) >= 11 is 1.59. The molecule has 5 heteroatoms. The first-order valence-electron chi connectivity index (χ1n) is 6.27. The molecule has 0 amide bonds. The van der Waals surface area contributed by atoms with Crippen LogP contribution in [-0.4, -0.2) is 16.5 Å². The van der Waals surface area contributed by atoms with Crippen molar-refractivity contribution in [2.45, 2.75) is 6.42 Å². The highest BCUT2D eigenvalue weighted by molar-refractivity contribution is 7.07. The van der Waals surface area contributed by atoms with Gasteiger partial charge in [0.1, 0.15) is 6.07 Å². The molecule has 0 fully saturated rings. The number of anilines is 1. The number of nitriles is 1. The van der Waals surface area contributed by atoms with E-state index in [4.69, 9.17) is 0 Å². The highest BCUT2D eigenvalue weighted by Crippen LogP contribution is 2.25. The highest BCUT2D eigenvalue weighted by atomic mass is 32.1. The number of nitrogens with zero attached hydrogens (tertiary/aromatic N) is 3. The monoisotopic (exact) mass is 280 g/mol. The molecular formula is C15H12N4S. The minimum Gasteiger partial charge on any atom is -0.383 e. The molecule has 0 unspecified atom stereocenters. The van der Waals surface area contributed by atoms with E-state index in [-0.39, 0.29) is 0 Å². The number of benzene rings is 1. The third kappa shape index (κ3) is 2.46. The van der Waals surface area contributed by atoms with E-state index in [1.807, 2.05) is 35.2 Å². The van der Waals surface area contributed by atoms with Gasteiger partial charge >= 0.3 is 0 Å². The summed E-state index contributed by atoms with van der Waals surface area (Å²) in [5, 5.41) is 15.6. The number of hydrogen-bond acceptors (Lipinski definition) is 5. The van der Waals surface area contributed by atoms with Crippen LogP contribution in [0.3, 0.4) is 0 Å². The van der Waals surface area contributed by atoms with E-state index in [1.54, 1.807) is 17.5 Å². The van der Waals surface area contributed by atoms with Gasteiger partial charge in [0.15, 0.2) is 0 Å². The number of nitrogens with one attached hydrogen (secondary N) is 1. The lowest BCUT2D eigenvalue weighted by molar-refractivity contribution is 0.977. The Kier molecular flexibility index (Phi) is 3.57. The number of fused-ring (bicyclic) bond motifs is 1. The summed E-state index contributed by atoms with van der Waals surface area (Å²) in [6, 6.07) is 10.0. The zero-order chi connectivity index (χ0) is 13.8. The first kappa shape index (κ1) is 12.6. The van der Waals surface area contributed by atoms with Gasteiger partial charge in [0.05, 0.1) is 28.0 Å². The van der Waals surface area contributed by atoms with Gasteiger partial charge in [-0.1, -0.05) is 18.2 Å². The Morgan fingerprint density at radius 2 is 2.15 bits per heavy atom. The molecule has 1 aromatic carbocycles. The van der Waals surface area contributed by atoms with E-state index in [1.165, 1.54) is 0 Å². The third-order valence-electron chi connectivity index (χ3n) is 3.06. The Hall–Kier alpha value is -2.45. The molecule has 3 rings (SSSR count). The SMILES string of the molecule is N#Cc1cnc2ccccc2c1NCCc1cscn1. The summed E-state index contributed by atoms with van der Waals surface area (Å²) < 4.78 is 0. The topological polar surface area (TPSA) is 61.6 Å². The zero-order valence-corrected chi connectivity index (χ0v) is 11.5. The lowest BCUT2D eigenvalue weighted by atomic mass is 10.1. The van der Waals surface area contributed by atoms with Crippen LogP contribution in [0.25, 0.3) is 10.9 Å². The third-order valence-corrected chi connectivity index (χ3v) is 3.70. The first-order valence-corrected chi connectivity index (χ1v) is 7.21. The van der Waals surface area contributed by atoms with Crippen LogP contribution in [0.4, 0.5) is 5.69 Å². The van der Waals surface area contributed by atoms with Gasteiger partial charge in [-0.3, -0.25) is 4.98 Å². The standard InChI is InChI=1S/C15H12N4S/c16-7-11-8-18-14-4-2-1-3-13(14)15(11)17-6-5-12-9-20-10-19-12/h1-4,8-10H,5-6H2,(H,17,18). The molecule has 0 aliphatic heterocycles. The van der Waals surface area contributed by atoms with Crippen molar-refractivity contribution in [3.05, 3.63) is 52.6 Å². The van der Waals surface area contributed by atoms with Crippen molar-refractivity contribution in [2.75, 3.05) is 11.9 Å². The number of rotatable bonds is 4. The normalized spacial score (nSPS) is 10.3. The largest absolute Gasteiger partial charge is 0.383 e. The molecule has 0 atom stereocenters. The van der Waals surface area contributed by atoms with Gasteiger partial charge in [0.2, 0.25) is 0 Å². The molecule has 3 aromatic rings. The number of pyridine rings is 1. The Labute approximate surface area is 120 Å². The van der Waals surface area contributed by atoms with Gasteiger partial charge in [-0.25, -0.2) is 4.98 Å². The highest BCUT2D eigenvalue weighted by Gasteiger charge is 2.08. The second-order valence-electron chi connectivity index (χ2n) is 4.33. The Morgan fingerprint density at radius 3 is 2.95 bits per heavy atom. The first-order chi connectivity index (χ1) is 9.88. The van der Waals surface area contributed by atoms with E-state index < -0.39 is 0 Å². The second kappa shape index (κ2) is 5.68. The van der Waals surface area contributed by atoms with Gasteiger partial charge in [-0.15, -0.1) is 11.3 Å². The Morgan fingerprint density at radius 1 is 1.25 bits per heavy atom. The summed E-state index contributed by atoms with van der Waals surface area (Å²) in [6.07, 6.45) is 2.46. The molecule has 0 spiro atoms. The summed E-state index contributed by atoms with van der Waals surface area (Å²) in [4.78, 5) is 8.55. The fraction of sp³-hybridized carbons (Fsp3) is 0.133. The van der Waals surface area contributed by atoms with Crippen LogP contribution >= 0.6 is 11.3 Å². The molecule has 0 bridgehead atoms.